The molecule has 0 spiro atoms. The lowest BCUT2D eigenvalue weighted by molar-refractivity contribution is 0.699. The molecule has 2 aromatic rings. The Morgan fingerprint density at radius 1 is 1.00 bits per heavy atom. The van der Waals surface area contributed by atoms with Crippen LogP contribution in [0, 0.1) is 20.8 Å². The monoisotopic (exact) mass is 268 g/mol. The van der Waals surface area contributed by atoms with Crippen molar-refractivity contribution in [1.29, 1.82) is 0 Å². The molecule has 0 aromatic heterocycles. The SMILES string of the molecule is Cc1cccc(N(C)CC(N)c2ccc(C)cc2C)c1. The molecule has 2 heteroatoms. The molecule has 0 bridgehead atoms. The summed E-state index contributed by atoms with van der Waals surface area (Å²) in [5, 5.41) is 0. The molecule has 0 fully saturated rings. The molecule has 0 heterocycles. The van der Waals surface area contributed by atoms with E-state index in [2.05, 4.69) is 75.2 Å². The van der Waals surface area contributed by atoms with Gasteiger partial charge in [-0.15, -0.1) is 0 Å². The molecule has 106 valence electrons. The van der Waals surface area contributed by atoms with Crippen molar-refractivity contribution in [2.75, 3.05) is 18.5 Å². The Morgan fingerprint density at radius 3 is 2.35 bits per heavy atom. The van der Waals surface area contributed by atoms with Crippen LogP contribution in [0.1, 0.15) is 28.3 Å². The number of likely N-dealkylation sites (N-methyl/N-ethyl adjacent to an activating group) is 1. The minimum absolute atomic E-state index is 0.0288. The molecule has 20 heavy (non-hydrogen) atoms. The quantitative estimate of drug-likeness (QED) is 0.915. The third kappa shape index (κ3) is 3.40. The third-order valence-corrected chi connectivity index (χ3v) is 3.74. The van der Waals surface area contributed by atoms with Crippen LogP contribution in [0.2, 0.25) is 0 Å². The zero-order valence-electron chi connectivity index (χ0n) is 12.9. The van der Waals surface area contributed by atoms with Gasteiger partial charge in [0.2, 0.25) is 0 Å². The molecule has 0 radical (unpaired) electrons. The standard InChI is InChI=1S/C18H24N2/c1-13-6-5-7-16(11-13)20(4)12-18(19)17-9-8-14(2)10-15(17)3/h5-11,18H,12,19H2,1-4H3. The van der Waals surface area contributed by atoms with Crippen molar-refractivity contribution < 1.29 is 0 Å². The zero-order chi connectivity index (χ0) is 14.7. The summed E-state index contributed by atoms with van der Waals surface area (Å²) in [7, 11) is 2.10. The summed E-state index contributed by atoms with van der Waals surface area (Å²) in [6.07, 6.45) is 0. The van der Waals surface area contributed by atoms with Crippen molar-refractivity contribution in [2.45, 2.75) is 26.8 Å². The van der Waals surface area contributed by atoms with E-state index in [4.69, 9.17) is 5.73 Å². The Balaban J connectivity index is 2.12. The largest absolute Gasteiger partial charge is 0.373 e. The van der Waals surface area contributed by atoms with E-state index in [-0.39, 0.29) is 6.04 Å². The van der Waals surface area contributed by atoms with Gasteiger partial charge in [0.25, 0.3) is 0 Å². The molecule has 1 unspecified atom stereocenters. The van der Waals surface area contributed by atoms with Crippen LogP contribution in [0.25, 0.3) is 0 Å². The van der Waals surface area contributed by atoms with Crippen molar-refractivity contribution in [3.05, 3.63) is 64.7 Å². The van der Waals surface area contributed by atoms with Gasteiger partial charge in [-0.05, 0) is 49.6 Å². The van der Waals surface area contributed by atoms with Crippen molar-refractivity contribution >= 4 is 5.69 Å². The van der Waals surface area contributed by atoms with Crippen molar-refractivity contribution in [3.63, 3.8) is 0 Å². The molecule has 2 nitrogen and oxygen atoms in total. The fraction of sp³-hybridized carbons (Fsp3) is 0.333. The second kappa shape index (κ2) is 6.10. The smallest absolute Gasteiger partial charge is 0.0475 e. The summed E-state index contributed by atoms with van der Waals surface area (Å²) in [5.74, 6) is 0. The lowest BCUT2D eigenvalue weighted by Crippen LogP contribution is -2.29. The summed E-state index contributed by atoms with van der Waals surface area (Å²) in [6.45, 7) is 7.17. The second-order valence-corrected chi connectivity index (χ2v) is 5.69. The molecule has 0 saturated carbocycles. The number of hydrogen-bond acceptors (Lipinski definition) is 2. The minimum Gasteiger partial charge on any atom is -0.373 e. The van der Waals surface area contributed by atoms with Crippen molar-refractivity contribution in [3.8, 4) is 0 Å². The fourth-order valence-electron chi connectivity index (χ4n) is 2.61. The second-order valence-electron chi connectivity index (χ2n) is 5.69. The van der Waals surface area contributed by atoms with E-state index in [9.17, 15) is 0 Å². The van der Waals surface area contributed by atoms with Gasteiger partial charge in [-0.2, -0.15) is 0 Å². The fourth-order valence-corrected chi connectivity index (χ4v) is 2.61. The van der Waals surface area contributed by atoms with Gasteiger partial charge in [-0.25, -0.2) is 0 Å². The maximum absolute atomic E-state index is 6.38. The van der Waals surface area contributed by atoms with Gasteiger partial charge >= 0.3 is 0 Å². The molecule has 0 aliphatic heterocycles. The van der Waals surface area contributed by atoms with Crippen molar-refractivity contribution in [1.82, 2.24) is 0 Å². The first kappa shape index (κ1) is 14.6. The van der Waals surface area contributed by atoms with Gasteiger partial charge in [-0.1, -0.05) is 35.9 Å². The Morgan fingerprint density at radius 2 is 1.70 bits per heavy atom. The highest BCUT2D eigenvalue weighted by molar-refractivity contribution is 5.48. The summed E-state index contributed by atoms with van der Waals surface area (Å²) in [6, 6.07) is 15.0. The van der Waals surface area contributed by atoms with Crippen LogP contribution in [0.5, 0.6) is 0 Å². The number of rotatable bonds is 4. The molecular formula is C18H24N2. The van der Waals surface area contributed by atoms with Crippen LogP contribution >= 0.6 is 0 Å². The van der Waals surface area contributed by atoms with Gasteiger partial charge < -0.3 is 10.6 Å². The lowest BCUT2D eigenvalue weighted by Gasteiger charge is -2.25. The maximum Gasteiger partial charge on any atom is 0.0475 e. The Labute approximate surface area is 122 Å². The molecular weight excluding hydrogens is 244 g/mol. The number of anilines is 1. The number of nitrogens with zero attached hydrogens (tertiary/aromatic N) is 1. The lowest BCUT2D eigenvalue weighted by atomic mass is 9.99. The van der Waals surface area contributed by atoms with Gasteiger partial charge in [0.1, 0.15) is 0 Å². The molecule has 0 aliphatic carbocycles. The van der Waals surface area contributed by atoms with Crippen LogP contribution < -0.4 is 10.6 Å². The highest BCUT2D eigenvalue weighted by atomic mass is 15.1. The first-order valence-corrected chi connectivity index (χ1v) is 7.08. The number of hydrogen-bond donors (Lipinski definition) is 1. The maximum atomic E-state index is 6.38. The summed E-state index contributed by atoms with van der Waals surface area (Å²) in [5.41, 5.74) is 12.7. The van der Waals surface area contributed by atoms with Gasteiger partial charge in [0.15, 0.2) is 0 Å². The van der Waals surface area contributed by atoms with E-state index >= 15 is 0 Å². The minimum atomic E-state index is 0.0288. The van der Waals surface area contributed by atoms with Crippen LogP contribution in [0.15, 0.2) is 42.5 Å². The highest BCUT2D eigenvalue weighted by Gasteiger charge is 2.12. The molecule has 2 N–H and O–H groups in total. The van der Waals surface area contributed by atoms with E-state index in [1.165, 1.54) is 27.9 Å². The van der Waals surface area contributed by atoms with E-state index in [0.717, 1.165) is 6.54 Å². The highest BCUT2D eigenvalue weighted by Crippen LogP contribution is 2.21. The van der Waals surface area contributed by atoms with Gasteiger partial charge in [0.05, 0.1) is 0 Å². The number of nitrogens with two attached hydrogens (primary N) is 1. The Kier molecular flexibility index (Phi) is 4.46. The van der Waals surface area contributed by atoms with E-state index in [1.54, 1.807) is 0 Å². The van der Waals surface area contributed by atoms with Crippen LogP contribution in [0.4, 0.5) is 5.69 Å². The topological polar surface area (TPSA) is 29.3 Å². The van der Waals surface area contributed by atoms with E-state index < -0.39 is 0 Å². The predicted molar refractivity (Wildman–Crippen MR) is 87.3 cm³/mol. The van der Waals surface area contributed by atoms with Gasteiger partial charge in [0, 0.05) is 25.3 Å². The van der Waals surface area contributed by atoms with Crippen LogP contribution in [-0.4, -0.2) is 13.6 Å². The zero-order valence-corrected chi connectivity index (χ0v) is 12.9. The first-order valence-electron chi connectivity index (χ1n) is 7.08. The van der Waals surface area contributed by atoms with E-state index in [0.29, 0.717) is 0 Å². The predicted octanol–water partition coefficient (Wildman–Crippen LogP) is 3.75. The van der Waals surface area contributed by atoms with Gasteiger partial charge in [-0.3, -0.25) is 0 Å². The van der Waals surface area contributed by atoms with Crippen LogP contribution in [-0.2, 0) is 0 Å². The summed E-state index contributed by atoms with van der Waals surface area (Å²) in [4.78, 5) is 2.22. The molecule has 0 saturated heterocycles. The molecule has 2 rings (SSSR count). The molecule has 1 atom stereocenters. The Bertz CT molecular complexity index is 590. The Hall–Kier alpha value is -1.80. The third-order valence-electron chi connectivity index (χ3n) is 3.74. The summed E-state index contributed by atoms with van der Waals surface area (Å²) >= 11 is 0. The first-order chi connectivity index (χ1) is 9.47. The van der Waals surface area contributed by atoms with E-state index in [1.807, 2.05) is 0 Å². The molecule has 0 aliphatic rings. The number of benzene rings is 2. The average molecular weight is 268 g/mol. The average Bonchev–Trinajstić information content (AvgIpc) is 2.38. The molecule has 0 amide bonds. The van der Waals surface area contributed by atoms with Crippen LogP contribution in [0.3, 0.4) is 0 Å². The number of aryl methyl sites for hydroxylation is 3. The van der Waals surface area contributed by atoms with Crippen molar-refractivity contribution in [2.24, 2.45) is 5.73 Å². The summed E-state index contributed by atoms with van der Waals surface area (Å²) < 4.78 is 0. The normalized spacial score (nSPS) is 12.2. The molecule has 2 aromatic carbocycles.